The van der Waals surface area contributed by atoms with Crippen LogP contribution in [-0.4, -0.2) is 96.7 Å². The van der Waals surface area contributed by atoms with Crippen LogP contribution in [0.3, 0.4) is 0 Å². The summed E-state index contributed by atoms with van der Waals surface area (Å²) < 4.78 is 68.3. The molecule has 0 spiro atoms. The predicted molar refractivity (Wildman–Crippen MR) is 363 cm³/mol. The van der Waals surface area contributed by atoms with E-state index in [4.69, 9.17) is 37.0 Å². The molecule has 0 radical (unpaired) electrons. The molecule has 534 valence electrons. The fourth-order valence-electron chi connectivity index (χ4n) is 10.7. The highest BCUT2D eigenvalue weighted by molar-refractivity contribution is 7.47. The van der Waals surface area contributed by atoms with Gasteiger partial charge in [-0.25, -0.2) is 9.13 Å². The van der Waals surface area contributed by atoms with Crippen molar-refractivity contribution in [1.82, 2.24) is 0 Å². The Morgan fingerprint density at radius 1 is 0.322 bits per heavy atom. The zero-order valence-corrected chi connectivity index (χ0v) is 60.4. The topological polar surface area (TPSA) is 237 Å². The van der Waals surface area contributed by atoms with E-state index >= 15 is 0 Å². The molecule has 0 saturated carbocycles. The maximum Gasteiger partial charge on any atom is 0.472 e. The highest BCUT2D eigenvalue weighted by Gasteiger charge is 2.30. The fourth-order valence-corrected chi connectivity index (χ4v) is 12.2. The Balaban J connectivity index is 5.26. The van der Waals surface area contributed by atoms with Gasteiger partial charge in [0.25, 0.3) is 0 Å². The molecule has 0 aliphatic carbocycles. The number of aliphatic hydroxyl groups is 1. The van der Waals surface area contributed by atoms with Crippen molar-refractivity contribution in [2.45, 2.75) is 375 Å². The van der Waals surface area contributed by atoms with Gasteiger partial charge in [0, 0.05) is 25.7 Å². The normalized spacial score (nSPS) is 14.8. The van der Waals surface area contributed by atoms with E-state index in [-0.39, 0.29) is 25.7 Å². The largest absolute Gasteiger partial charge is 0.472 e. The average molecular weight is 1330 g/mol. The number of hydrogen-bond donors (Lipinski definition) is 3. The Bertz CT molecular complexity index is 1770. The van der Waals surface area contributed by atoms with Crippen LogP contribution in [0.4, 0.5) is 0 Å². The average Bonchev–Trinajstić information content (AvgIpc) is 2.67. The summed E-state index contributed by atoms with van der Waals surface area (Å²) in [6.07, 6.45) is 45.8. The van der Waals surface area contributed by atoms with E-state index in [1.165, 1.54) is 161 Å². The summed E-state index contributed by atoms with van der Waals surface area (Å²) in [6, 6.07) is 0. The first-order valence-electron chi connectivity index (χ1n) is 36.9. The second-order valence-electron chi connectivity index (χ2n) is 26.6. The first-order valence-corrected chi connectivity index (χ1v) is 39.9. The molecule has 0 bridgehead atoms. The van der Waals surface area contributed by atoms with Gasteiger partial charge in [0.1, 0.15) is 19.3 Å². The van der Waals surface area contributed by atoms with Gasteiger partial charge in [0.15, 0.2) is 12.2 Å². The van der Waals surface area contributed by atoms with Crippen molar-refractivity contribution >= 4 is 39.5 Å². The first kappa shape index (κ1) is 88.1. The van der Waals surface area contributed by atoms with Crippen LogP contribution in [0, 0.1) is 17.8 Å². The van der Waals surface area contributed by atoms with Gasteiger partial charge in [-0.1, -0.05) is 305 Å². The molecule has 17 nitrogen and oxygen atoms in total. The number of carbonyl (C=O) groups excluding carboxylic acids is 4. The minimum Gasteiger partial charge on any atom is -0.462 e. The molecule has 19 heteroatoms. The van der Waals surface area contributed by atoms with E-state index in [0.717, 1.165) is 114 Å². The Labute approximate surface area is 549 Å². The van der Waals surface area contributed by atoms with E-state index in [1.54, 1.807) is 0 Å². The number of aliphatic hydroxyl groups excluding tert-OH is 1. The fraction of sp³-hybridized carbons (Fsp3) is 0.944. The van der Waals surface area contributed by atoms with E-state index in [2.05, 4.69) is 48.5 Å². The van der Waals surface area contributed by atoms with Gasteiger partial charge >= 0.3 is 39.5 Å². The Kier molecular flexibility index (Phi) is 60.6. The van der Waals surface area contributed by atoms with E-state index in [9.17, 15) is 43.2 Å². The summed E-state index contributed by atoms with van der Waals surface area (Å²) in [7, 11) is -9.90. The lowest BCUT2D eigenvalue weighted by atomic mass is 9.99. The number of phosphoric ester groups is 2. The van der Waals surface area contributed by atoms with Crippen molar-refractivity contribution < 1.29 is 80.2 Å². The van der Waals surface area contributed by atoms with Crippen molar-refractivity contribution in [2.24, 2.45) is 17.8 Å². The number of esters is 4. The molecular formula is C71H138O17P2. The first-order chi connectivity index (χ1) is 43.3. The van der Waals surface area contributed by atoms with Gasteiger partial charge in [0.05, 0.1) is 26.4 Å². The lowest BCUT2D eigenvalue weighted by molar-refractivity contribution is -0.161. The predicted octanol–water partition coefficient (Wildman–Crippen LogP) is 20.2. The number of phosphoric acid groups is 2. The second-order valence-corrected chi connectivity index (χ2v) is 29.5. The molecule has 0 saturated heterocycles. The third-order valence-electron chi connectivity index (χ3n) is 17.1. The molecule has 0 heterocycles. The summed E-state index contributed by atoms with van der Waals surface area (Å²) in [4.78, 5) is 72.6. The quantitative estimate of drug-likeness (QED) is 0.0222. The minimum absolute atomic E-state index is 0.103. The molecule has 4 unspecified atom stereocenters. The molecule has 90 heavy (non-hydrogen) atoms. The Hall–Kier alpha value is -1.94. The van der Waals surface area contributed by atoms with Gasteiger partial charge in [-0.2, -0.15) is 0 Å². The second kappa shape index (κ2) is 61.9. The van der Waals surface area contributed by atoms with E-state index < -0.39 is 97.5 Å². The van der Waals surface area contributed by atoms with Gasteiger partial charge in [-0.15, -0.1) is 0 Å². The summed E-state index contributed by atoms with van der Waals surface area (Å²) in [5.74, 6) is 0.132. The molecule has 0 fully saturated rings. The number of unbranched alkanes of at least 4 members (excludes halogenated alkanes) is 35. The van der Waals surface area contributed by atoms with Crippen LogP contribution in [0.15, 0.2) is 0 Å². The summed E-state index contributed by atoms with van der Waals surface area (Å²) in [5.41, 5.74) is 0. The van der Waals surface area contributed by atoms with Crippen molar-refractivity contribution in [2.75, 3.05) is 39.6 Å². The standard InChI is InChI=1S/C71H138O17P2/c1-8-11-12-13-14-15-16-17-18-19-20-25-31-40-47-54-70(75)87-66(58-81-68(73)52-45-38-30-24-22-21-23-29-36-43-50-63(6)9-2)60-85-89(77,78)83-56-65(72)57-84-90(79,80)86-61-67(59-82-69(74)53-46-39-34-33-37-44-51-64(7)10-3)88-71(76)55-48-41-32-27-26-28-35-42-49-62(4)5/h62-67,72H,8-61H2,1-7H3,(H,77,78)(H,79,80)/t63?,64?,65-,66-,67-/m1/s1. The van der Waals surface area contributed by atoms with Crippen molar-refractivity contribution in [3.05, 3.63) is 0 Å². The molecule has 0 amide bonds. The summed E-state index contributed by atoms with van der Waals surface area (Å²) in [5, 5.41) is 10.6. The van der Waals surface area contributed by atoms with Gasteiger partial charge in [-0.05, 0) is 43.4 Å². The molecule has 0 aromatic carbocycles. The van der Waals surface area contributed by atoms with Crippen LogP contribution in [0.1, 0.15) is 357 Å². The third-order valence-corrected chi connectivity index (χ3v) is 19.0. The maximum atomic E-state index is 13.0. The number of rotatable bonds is 69. The lowest BCUT2D eigenvalue weighted by Gasteiger charge is -2.21. The molecule has 7 atom stereocenters. The highest BCUT2D eigenvalue weighted by atomic mass is 31.2. The Morgan fingerprint density at radius 3 is 0.844 bits per heavy atom. The summed E-state index contributed by atoms with van der Waals surface area (Å²) in [6.45, 7) is 11.8. The molecular weight excluding hydrogens is 1190 g/mol. The smallest absolute Gasteiger partial charge is 0.462 e. The van der Waals surface area contributed by atoms with Crippen LogP contribution in [0.5, 0.6) is 0 Å². The molecule has 0 rings (SSSR count). The number of hydrogen-bond acceptors (Lipinski definition) is 15. The van der Waals surface area contributed by atoms with Crippen LogP contribution in [0.25, 0.3) is 0 Å². The Morgan fingerprint density at radius 2 is 0.567 bits per heavy atom. The van der Waals surface area contributed by atoms with Crippen LogP contribution >= 0.6 is 15.6 Å². The van der Waals surface area contributed by atoms with E-state index in [1.807, 2.05) is 0 Å². The molecule has 0 aliphatic heterocycles. The number of ether oxygens (including phenoxy) is 4. The zero-order valence-electron chi connectivity index (χ0n) is 58.6. The van der Waals surface area contributed by atoms with Crippen molar-refractivity contribution in [3.63, 3.8) is 0 Å². The van der Waals surface area contributed by atoms with Crippen molar-refractivity contribution in [3.8, 4) is 0 Å². The van der Waals surface area contributed by atoms with Crippen molar-refractivity contribution in [1.29, 1.82) is 0 Å². The van der Waals surface area contributed by atoms with Gasteiger partial charge in [-0.3, -0.25) is 37.3 Å². The zero-order chi connectivity index (χ0) is 66.6. The number of carbonyl (C=O) groups is 4. The van der Waals surface area contributed by atoms with E-state index in [0.29, 0.717) is 25.7 Å². The van der Waals surface area contributed by atoms with Gasteiger partial charge < -0.3 is 33.8 Å². The minimum atomic E-state index is -4.95. The molecule has 0 aliphatic rings. The molecule has 3 N–H and O–H groups in total. The van der Waals surface area contributed by atoms with Crippen LogP contribution in [-0.2, 0) is 65.4 Å². The maximum absolute atomic E-state index is 13.0. The monoisotopic (exact) mass is 1320 g/mol. The SMILES string of the molecule is CCCCCCCCCCCCCCCCCC(=O)O[C@H](COC(=O)CCCCCCCCCCCCC(C)CC)COP(=O)(O)OC[C@@H](O)COP(=O)(O)OC[C@@H](COC(=O)CCCCCCCCC(C)CC)OC(=O)CCCCCCCCCCC(C)C. The lowest BCUT2D eigenvalue weighted by Crippen LogP contribution is -2.30. The third kappa shape index (κ3) is 62.2. The van der Waals surface area contributed by atoms with Gasteiger partial charge in [0.2, 0.25) is 0 Å². The highest BCUT2D eigenvalue weighted by Crippen LogP contribution is 2.45. The molecule has 0 aromatic heterocycles. The van der Waals surface area contributed by atoms with Crippen LogP contribution in [0.2, 0.25) is 0 Å². The summed E-state index contributed by atoms with van der Waals surface area (Å²) >= 11 is 0. The molecule has 0 aromatic rings. The van der Waals surface area contributed by atoms with Crippen LogP contribution < -0.4 is 0 Å².